The van der Waals surface area contributed by atoms with Crippen LogP contribution in [-0.2, 0) is 4.74 Å². The molecule has 2 atom stereocenters. The predicted molar refractivity (Wildman–Crippen MR) is 82.6 cm³/mol. The molecule has 1 saturated heterocycles. The van der Waals surface area contributed by atoms with Crippen LogP contribution in [0.15, 0.2) is 0 Å². The molecular weight excluding hydrogens is 236 g/mol. The van der Waals surface area contributed by atoms with E-state index in [0.717, 1.165) is 38.6 Å². The number of hydrogen-bond donors (Lipinski definition) is 1. The van der Waals surface area contributed by atoms with Crippen LogP contribution in [0.4, 0.5) is 0 Å². The van der Waals surface area contributed by atoms with Gasteiger partial charge in [0.15, 0.2) is 0 Å². The van der Waals surface area contributed by atoms with Gasteiger partial charge in [0, 0.05) is 25.7 Å². The Balaban J connectivity index is 2.32. The van der Waals surface area contributed by atoms with Crippen LogP contribution in [0, 0.1) is 5.92 Å². The van der Waals surface area contributed by atoms with Gasteiger partial charge in [-0.05, 0) is 44.7 Å². The molecule has 19 heavy (non-hydrogen) atoms. The summed E-state index contributed by atoms with van der Waals surface area (Å²) in [7, 11) is 0. The van der Waals surface area contributed by atoms with Crippen molar-refractivity contribution < 1.29 is 4.74 Å². The Morgan fingerprint density at radius 1 is 1.26 bits per heavy atom. The summed E-state index contributed by atoms with van der Waals surface area (Å²) in [5.74, 6) is 0.736. The molecule has 3 heteroatoms. The maximum absolute atomic E-state index is 5.94. The smallest absolute Gasteiger partial charge is 0.0702 e. The first-order chi connectivity index (χ1) is 9.17. The topological polar surface area (TPSA) is 24.5 Å². The quantitative estimate of drug-likeness (QED) is 0.697. The fourth-order valence-electron chi connectivity index (χ4n) is 2.79. The second-order valence-corrected chi connectivity index (χ2v) is 6.24. The van der Waals surface area contributed by atoms with Gasteiger partial charge in [0.25, 0.3) is 0 Å². The first-order valence-corrected chi connectivity index (χ1v) is 8.23. The second kappa shape index (κ2) is 9.73. The van der Waals surface area contributed by atoms with E-state index in [4.69, 9.17) is 4.74 Å². The molecule has 0 amide bonds. The molecule has 1 N–H and O–H groups in total. The van der Waals surface area contributed by atoms with Crippen molar-refractivity contribution >= 4 is 0 Å². The van der Waals surface area contributed by atoms with Gasteiger partial charge in [0.2, 0.25) is 0 Å². The first kappa shape index (κ1) is 16.9. The Kier molecular flexibility index (Phi) is 8.67. The zero-order valence-corrected chi connectivity index (χ0v) is 13.5. The van der Waals surface area contributed by atoms with Crippen LogP contribution in [0.25, 0.3) is 0 Å². The van der Waals surface area contributed by atoms with Crippen LogP contribution in [-0.4, -0.2) is 49.8 Å². The molecule has 0 spiro atoms. The average molecular weight is 270 g/mol. The highest BCUT2D eigenvalue weighted by molar-refractivity contribution is 4.80. The normalized spacial score (nSPS) is 22.9. The third-order valence-corrected chi connectivity index (χ3v) is 3.89. The Hall–Kier alpha value is -0.120. The van der Waals surface area contributed by atoms with Crippen molar-refractivity contribution in [2.75, 3.05) is 32.8 Å². The van der Waals surface area contributed by atoms with Crippen LogP contribution in [0.2, 0.25) is 0 Å². The van der Waals surface area contributed by atoms with Crippen LogP contribution < -0.4 is 5.32 Å². The molecule has 1 aliphatic rings. The van der Waals surface area contributed by atoms with Crippen molar-refractivity contribution in [1.29, 1.82) is 0 Å². The summed E-state index contributed by atoms with van der Waals surface area (Å²) in [6.07, 6.45) is 5.35. The van der Waals surface area contributed by atoms with Crippen LogP contribution in [0.3, 0.4) is 0 Å². The molecule has 3 nitrogen and oxygen atoms in total. The summed E-state index contributed by atoms with van der Waals surface area (Å²) >= 11 is 0. The van der Waals surface area contributed by atoms with E-state index in [-0.39, 0.29) is 0 Å². The fraction of sp³-hybridized carbons (Fsp3) is 1.00. The lowest BCUT2D eigenvalue weighted by Crippen LogP contribution is -2.49. The zero-order chi connectivity index (χ0) is 14.1. The number of hydrogen-bond acceptors (Lipinski definition) is 3. The van der Waals surface area contributed by atoms with Gasteiger partial charge in [0.05, 0.1) is 6.10 Å². The highest BCUT2D eigenvalue weighted by Crippen LogP contribution is 2.17. The SMILES string of the molecule is CCCOC1CCCN(C(CC)CNCC(C)C)C1. The van der Waals surface area contributed by atoms with Gasteiger partial charge in [0.1, 0.15) is 0 Å². The van der Waals surface area contributed by atoms with Crippen molar-refractivity contribution in [2.24, 2.45) is 5.92 Å². The number of ether oxygens (including phenoxy) is 1. The molecule has 0 saturated carbocycles. The van der Waals surface area contributed by atoms with Crippen molar-refractivity contribution in [2.45, 2.75) is 65.5 Å². The van der Waals surface area contributed by atoms with Gasteiger partial charge in [-0.3, -0.25) is 4.90 Å². The van der Waals surface area contributed by atoms with E-state index in [0.29, 0.717) is 12.1 Å². The molecular formula is C16H34N2O. The number of piperidine rings is 1. The molecule has 0 aliphatic carbocycles. The minimum Gasteiger partial charge on any atom is -0.377 e. The number of nitrogens with zero attached hydrogens (tertiary/aromatic N) is 1. The van der Waals surface area contributed by atoms with E-state index in [1.807, 2.05) is 0 Å². The monoisotopic (exact) mass is 270 g/mol. The summed E-state index contributed by atoms with van der Waals surface area (Å²) in [5, 5.41) is 3.61. The average Bonchev–Trinajstić information content (AvgIpc) is 2.41. The third-order valence-electron chi connectivity index (χ3n) is 3.89. The lowest BCUT2D eigenvalue weighted by molar-refractivity contribution is -0.0129. The number of nitrogens with one attached hydrogen (secondary N) is 1. The predicted octanol–water partition coefficient (Wildman–Crippen LogP) is 2.90. The van der Waals surface area contributed by atoms with Crippen LogP contribution in [0.5, 0.6) is 0 Å². The second-order valence-electron chi connectivity index (χ2n) is 6.24. The Morgan fingerprint density at radius 2 is 2.05 bits per heavy atom. The van der Waals surface area contributed by atoms with Crippen molar-refractivity contribution in [1.82, 2.24) is 10.2 Å². The lowest BCUT2D eigenvalue weighted by atomic mass is 10.0. The Morgan fingerprint density at radius 3 is 2.68 bits per heavy atom. The molecule has 1 heterocycles. The molecule has 0 aromatic carbocycles. The molecule has 1 aliphatic heterocycles. The minimum atomic E-state index is 0.466. The standard InChI is InChI=1S/C16H34N2O/c1-5-10-19-16-8-7-9-18(13-16)15(6-2)12-17-11-14(3)4/h14-17H,5-13H2,1-4H3. The molecule has 0 aromatic heterocycles. The third kappa shape index (κ3) is 6.73. The van der Waals surface area contributed by atoms with Crippen LogP contribution >= 0.6 is 0 Å². The van der Waals surface area contributed by atoms with Crippen molar-refractivity contribution in [3.8, 4) is 0 Å². The molecule has 2 unspecified atom stereocenters. The zero-order valence-electron chi connectivity index (χ0n) is 13.5. The fourth-order valence-corrected chi connectivity index (χ4v) is 2.79. The van der Waals surface area contributed by atoms with Crippen LogP contribution in [0.1, 0.15) is 53.4 Å². The molecule has 0 aromatic rings. The summed E-state index contributed by atoms with van der Waals surface area (Å²) < 4.78 is 5.94. The largest absolute Gasteiger partial charge is 0.377 e. The maximum Gasteiger partial charge on any atom is 0.0702 e. The number of rotatable bonds is 9. The molecule has 1 rings (SSSR count). The minimum absolute atomic E-state index is 0.466. The van der Waals surface area contributed by atoms with Crippen molar-refractivity contribution in [3.05, 3.63) is 0 Å². The van der Waals surface area contributed by atoms with E-state index >= 15 is 0 Å². The van der Waals surface area contributed by atoms with E-state index in [9.17, 15) is 0 Å². The van der Waals surface area contributed by atoms with E-state index < -0.39 is 0 Å². The summed E-state index contributed by atoms with van der Waals surface area (Å²) in [6.45, 7) is 14.6. The van der Waals surface area contributed by atoms with E-state index in [1.165, 1.54) is 25.8 Å². The van der Waals surface area contributed by atoms with E-state index in [2.05, 4.69) is 37.9 Å². The molecule has 1 fully saturated rings. The highest BCUT2D eigenvalue weighted by Gasteiger charge is 2.25. The molecule has 0 bridgehead atoms. The summed E-state index contributed by atoms with van der Waals surface area (Å²) in [4.78, 5) is 2.64. The first-order valence-electron chi connectivity index (χ1n) is 8.23. The molecule has 0 radical (unpaired) electrons. The number of likely N-dealkylation sites (tertiary alicyclic amines) is 1. The van der Waals surface area contributed by atoms with Gasteiger partial charge in [-0.15, -0.1) is 0 Å². The van der Waals surface area contributed by atoms with E-state index in [1.54, 1.807) is 0 Å². The van der Waals surface area contributed by atoms with Gasteiger partial charge < -0.3 is 10.1 Å². The van der Waals surface area contributed by atoms with Gasteiger partial charge in [-0.2, -0.15) is 0 Å². The van der Waals surface area contributed by atoms with Gasteiger partial charge in [-0.25, -0.2) is 0 Å². The molecule has 114 valence electrons. The van der Waals surface area contributed by atoms with Crippen molar-refractivity contribution in [3.63, 3.8) is 0 Å². The highest BCUT2D eigenvalue weighted by atomic mass is 16.5. The van der Waals surface area contributed by atoms with Gasteiger partial charge in [-0.1, -0.05) is 27.7 Å². The Bertz CT molecular complexity index is 221. The lowest BCUT2D eigenvalue weighted by Gasteiger charge is -2.38. The maximum atomic E-state index is 5.94. The Labute approximate surface area is 120 Å². The summed E-state index contributed by atoms with van der Waals surface area (Å²) in [6, 6.07) is 0.673. The van der Waals surface area contributed by atoms with Gasteiger partial charge >= 0.3 is 0 Å². The summed E-state index contributed by atoms with van der Waals surface area (Å²) in [5.41, 5.74) is 0.